The molecule has 0 fully saturated rings. The molecule has 0 spiro atoms. The minimum atomic E-state index is -0.660. The van der Waals surface area contributed by atoms with Crippen LogP contribution in [0.3, 0.4) is 0 Å². The van der Waals surface area contributed by atoms with Gasteiger partial charge in [0.1, 0.15) is 0 Å². The Labute approximate surface area is 130 Å². The standard InChI is InChI=1S/C15H15BrFN3O/c1-3-9-8-10(16)4-5-12(9)20-15(21)11-6-7-19-14(18-2)13(11)17/h4-8H,3H2,1-2H3,(H,18,19)(H,20,21). The summed E-state index contributed by atoms with van der Waals surface area (Å²) in [7, 11) is 1.55. The fraction of sp³-hybridized carbons (Fsp3) is 0.200. The molecule has 0 unspecified atom stereocenters. The van der Waals surface area contributed by atoms with E-state index >= 15 is 0 Å². The van der Waals surface area contributed by atoms with E-state index in [4.69, 9.17) is 0 Å². The van der Waals surface area contributed by atoms with Gasteiger partial charge in [-0.05, 0) is 36.2 Å². The fourth-order valence-corrected chi connectivity index (χ4v) is 2.37. The van der Waals surface area contributed by atoms with Crippen LogP contribution in [-0.2, 0) is 6.42 Å². The van der Waals surface area contributed by atoms with Crippen LogP contribution < -0.4 is 10.6 Å². The lowest BCUT2D eigenvalue weighted by Crippen LogP contribution is -2.16. The molecule has 1 amide bonds. The lowest BCUT2D eigenvalue weighted by atomic mass is 10.1. The number of rotatable bonds is 4. The zero-order valence-electron chi connectivity index (χ0n) is 11.7. The first kappa shape index (κ1) is 15.4. The first-order chi connectivity index (χ1) is 10.1. The molecular weight excluding hydrogens is 337 g/mol. The molecule has 110 valence electrons. The summed E-state index contributed by atoms with van der Waals surface area (Å²) in [6.45, 7) is 1.99. The molecule has 6 heteroatoms. The van der Waals surface area contributed by atoms with Crippen LogP contribution in [0.25, 0.3) is 0 Å². The van der Waals surface area contributed by atoms with Gasteiger partial charge in [-0.2, -0.15) is 0 Å². The lowest BCUT2D eigenvalue weighted by Gasteiger charge is -2.11. The van der Waals surface area contributed by atoms with Crippen molar-refractivity contribution in [2.75, 3.05) is 17.7 Å². The van der Waals surface area contributed by atoms with Crippen molar-refractivity contribution in [2.24, 2.45) is 0 Å². The van der Waals surface area contributed by atoms with Gasteiger partial charge in [0.15, 0.2) is 11.6 Å². The number of carbonyl (C=O) groups is 1. The Balaban J connectivity index is 2.30. The number of pyridine rings is 1. The Morgan fingerprint density at radius 3 is 2.81 bits per heavy atom. The van der Waals surface area contributed by atoms with Gasteiger partial charge in [-0.25, -0.2) is 9.37 Å². The molecule has 0 bridgehead atoms. The second-order valence-electron chi connectivity index (χ2n) is 4.38. The zero-order valence-corrected chi connectivity index (χ0v) is 13.3. The van der Waals surface area contributed by atoms with E-state index in [0.29, 0.717) is 5.69 Å². The van der Waals surface area contributed by atoms with Gasteiger partial charge in [0, 0.05) is 23.4 Å². The Hall–Kier alpha value is -1.95. The Kier molecular flexibility index (Phi) is 4.90. The summed E-state index contributed by atoms with van der Waals surface area (Å²) in [5.41, 5.74) is 1.60. The number of hydrogen-bond donors (Lipinski definition) is 2. The van der Waals surface area contributed by atoms with Crippen molar-refractivity contribution in [1.29, 1.82) is 0 Å². The highest BCUT2D eigenvalue weighted by molar-refractivity contribution is 9.10. The minimum Gasteiger partial charge on any atom is -0.371 e. The molecule has 0 saturated carbocycles. The summed E-state index contributed by atoms with van der Waals surface area (Å²) in [5, 5.41) is 5.35. The second kappa shape index (κ2) is 6.67. The maximum Gasteiger partial charge on any atom is 0.258 e. The highest BCUT2D eigenvalue weighted by atomic mass is 79.9. The minimum absolute atomic E-state index is 0.0423. The number of nitrogens with zero attached hydrogens (tertiary/aromatic N) is 1. The number of halogens is 2. The third-order valence-corrected chi connectivity index (χ3v) is 3.56. The molecule has 4 nitrogen and oxygen atoms in total. The van der Waals surface area contributed by atoms with Crippen LogP contribution in [0.4, 0.5) is 15.9 Å². The smallest absolute Gasteiger partial charge is 0.258 e. The van der Waals surface area contributed by atoms with Gasteiger partial charge in [0.25, 0.3) is 5.91 Å². The van der Waals surface area contributed by atoms with Crippen molar-refractivity contribution < 1.29 is 9.18 Å². The van der Waals surface area contributed by atoms with E-state index < -0.39 is 11.7 Å². The van der Waals surface area contributed by atoms with E-state index in [1.54, 1.807) is 13.1 Å². The number of carbonyl (C=O) groups excluding carboxylic acids is 1. The molecule has 1 heterocycles. The van der Waals surface area contributed by atoms with Gasteiger partial charge in [-0.1, -0.05) is 22.9 Å². The third-order valence-electron chi connectivity index (χ3n) is 3.07. The van der Waals surface area contributed by atoms with Gasteiger partial charge in [-0.3, -0.25) is 4.79 Å². The number of benzene rings is 1. The predicted octanol–water partition coefficient (Wildman–Crippen LogP) is 3.84. The lowest BCUT2D eigenvalue weighted by molar-refractivity contribution is 0.102. The molecule has 2 N–H and O–H groups in total. The van der Waals surface area contributed by atoms with Gasteiger partial charge in [0.05, 0.1) is 5.56 Å². The zero-order chi connectivity index (χ0) is 15.4. The summed E-state index contributed by atoms with van der Waals surface area (Å²) in [6.07, 6.45) is 2.15. The summed E-state index contributed by atoms with van der Waals surface area (Å²) in [5.74, 6) is -1.11. The SMILES string of the molecule is CCc1cc(Br)ccc1NC(=O)c1ccnc(NC)c1F. The molecule has 2 rings (SSSR count). The van der Waals surface area contributed by atoms with Gasteiger partial charge >= 0.3 is 0 Å². The van der Waals surface area contributed by atoms with Gasteiger partial charge in [0.2, 0.25) is 0 Å². The van der Waals surface area contributed by atoms with Crippen LogP contribution in [0, 0.1) is 5.82 Å². The Bertz CT molecular complexity index is 676. The maximum absolute atomic E-state index is 14.1. The largest absolute Gasteiger partial charge is 0.371 e. The van der Waals surface area contributed by atoms with Crippen LogP contribution in [-0.4, -0.2) is 17.9 Å². The van der Waals surface area contributed by atoms with Crippen LogP contribution in [0.15, 0.2) is 34.9 Å². The van der Waals surface area contributed by atoms with E-state index in [1.165, 1.54) is 12.3 Å². The normalized spacial score (nSPS) is 10.3. The average Bonchev–Trinajstić information content (AvgIpc) is 2.49. The van der Waals surface area contributed by atoms with Crippen LogP contribution in [0.1, 0.15) is 22.8 Å². The summed E-state index contributed by atoms with van der Waals surface area (Å²) in [6, 6.07) is 6.91. The molecular formula is C15H15BrFN3O. The summed E-state index contributed by atoms with van der Waals surface area (Å²) >= 11 is 3.39. The van der Waals surface area contributed by atoms with Crippen LogP contribution in [0.5, 0.6) is 0 Å². The number of nitrogens with one attached hydrogen (secondary N) is 2. The molecule has 0 saturated heterocycles. The topological polar surface area (TPSA) is 54.0 Å². The fourth-order valence-electron chi connectivity index (χ4n) is 1.96. The molecule has 0 aliphatic rings. The molecule has 1 aromatic carbocycles. The number of aromatic nitrogens is 1. The monoisotopic (exact) mass is 351 g/mol. The molecule has 0 atom stereocenters. The van der Waals surface area contributed by atoms with Crippen LogP contribution in [0.2, 0.25) is 0 Å². The van der Waals surface area contributed by atoms with E-state index in [0.717, 1.165) is 16.5 Å². The number of amides is 1. The van der Waals surface area contributed by atoms with Crippen molar-refractivity contribution in [3.05, 3.63) is 51.9 Å². The van der Waals surface area contributed by atoms with E-state index in [-0.39, 0.29) is 11.4 Å². The van der Waals surface area contributed by atoms with E-state index in [1.807, 2.05) is 19.1 Å². The maximum atomic E-state index is 14.1. The van der Waals surface area contributed by atoms with Gasteiger partial charge < -0.3 is 10.6 Å². The van der Waals surface area contributed by atoms with Crippen molar-refractivity contribution in [2.45, 2.75) is 13.3 Å². The predicted molar refractivity (Wildman–Crippen MR) is 85.2 cm³/mol. The molecule has 2 aromatic rings. The number of aryl methyl sites for hydroxylation is 1. The van der Waals surface area contributed by atoms with Gasteiger partial charge in [-0.15, -0.1) is 0 Å². The highest BCUT2D eigenvalue weighted by Gasteiger charge is 2.16. The molecule has 0 aliphatic carbocycles. The van der Waals surface area contributed by atoms with Crippen molar-refractivity contribution in [3.8, 4) is 0 Å². The first-order valence-electron chi connectivity index (χ1n) is 6.48. The third kappa shape index (κ3) is 3.39. The quantitative estimate of drug-likeness (QED) is 0.879. The van der Waals surface area contributed by atoms with Crippen molar-refractivity contribution in [3.63, 3.8) is 0 Å². The Morgan fingerprint density at radius 2 is 2.14 bits per heavy atom. The number of hydrogen-bond acceptors (Lipinski definition) is 3. The number of anilines is 2. The summed E-state index contributed by atoms with van der Waals surface area (Å²) < 4.78 is 15.0. The second-order valence-corrected chi connectivity index (χ2v) is 5.30. The highest BCUT2D eigenvalue weighted by Crippen LogP contribution is 2.23. The van der Waals surface area contributed by atoms with E-state index in [9.17, 15) is 9.18 Å². The molecule has 1 aromatic heterocycles. The molecule has 21 heavy (non-hydrogen) atoms. The average molecular weight is 352 g/mol. The molecule has 0 radical (unpaired) electrons. The Morgan fingerprint density at radius 1 is 1.38 bits per heavy atom. The first-order valence-corrected chi connectivity index (χ1v) is 7.28. The van der Waals surface area contributed by atoms with E-state index in [2.05, 4.69) is 31.5 Å². The van der Waals surface area contributed by atoms with Crippen molar-refractivity contribution in [1.82, 2.24) is 4.98 Å². The molecule has 0 aliphatic heterocycles. The van der Waals surface area contributed by atoms with Crippen LogP contribution >= 0.6 is 15.9 Å². The summed E-state index contributed by atoms with van der Waals surface area (Å²) in [4.78, 5) is 16.1. The van der Waals surface area contributed by atoms with Crippen molar-refractivity contribution >= 4 is 33.3 Å².